The van der Waals surface area contributed by atoms with E-state index < -0.39 is 0 Å². The first kappa shape index (κ1) is 21.8. The summed E-state index contributed by atoms with van der Waals surface area (Å²) in [4.78, 5) is 25.0. The maximum absolute atomic E-state index is 12.2. The summed E-state index contributed by atoms with van der Waals surface area (Å²) in [5, 5.41) is 3.29. The second kappa shape index (κ2) is 10.7. The Morgan fingerprint density at radius 3 is 2.61 bits per heavy atom. The number of aliphatic imine (C=N–C) groups is 1. The number of nitrogens with one attached hydrogen (secondary N) is 1. The predicted molar refractivity (Wildman–Crippen MR) is 123 cm³/mol. The smallest absolute Gasteiger partial charge is 0.293 e. The van der Waals surface area contributed by atoms with Crippen molar-refractivity contribution in [2.75, 3.05) is 44.7 Å². The van der Waals surface area contributed by atoms with Crippen LogP contribution >= 0.6 is 24.0 Å². The zero-order chi connectivity index (χ0) is 19.1. The van der Waals surface area contributed by atoms with Gasteiger partial charge in [0.05, 0.1) is 6.54 Å². The van der Waals surface area contributed by atoms with Crippen LogP contribution in [0.3, 0.4) is 0 Å². The SMILES string of the molecule is CN=C(NCC#Cc1ccccc1)N1CCN(c2nccn(C)c2=O)CC1.I. The molecule has 0 amide bonds. The van der Waals surface area contributed by atoms with Crippen LogP contribution in [0.4, 0.5) is 5.82 Å². The summed E-state index contributed by atoms with van der Waals surface area (Å²) in [6.07, 6.45) is 3.33. The number of piperazine rings is 1. The van der Waals surface area contributed by atoms with Crippen molar-refractivity contribution in [1.29, 1.82) is 0 Å². The van der Waals surface area contributed by atoms with Crippen LogP contribution in [0.1, 0.15) is 5.56 Å². The maximum atomic E-state index is 12.2. The molecule has 0 spiro atoms. The summed E-state index contributed by atoms with van der Waals surface area (Å²) >= 11 is 0. The van der Waals surface area contributed by atoms with Crippen molar-refractivity contribution in [3.8, 4) is 11.8 Å². The van der Waals surface area contributed by atoms with Crippen LogP contribution < -0.4 is 15.8 Å². The van der Waals surface area contributed by atoms with E-state index in [2.05, 4.69) is 32.0 Å². The standard InChI is InChI=1S/C20H24N6O.HI/c1-21-20(23-10-6-9-17-7-4-3-5-8-17)26-15-13-25(14-16-26)18-19(27)24(2)12-11-22-18;/h3-5,7-8,11-12H,10,13-16H2,1-2H3,(H,21,23);1H. The largest absolute Gasteiger partial charge is 0.348 e. The van der Waals surface area contributed by atoms with Gasteiger partial charge in [-0.3, -0.25) is 9.79 Å². The van der Waals surface area contributed by atoms with Crippen molar-refractivity contribution in [2.24, 2.45) is 12.0 Å². The van der Waals surface area contributed by atoms with Gasteiger partial charge in [0.1, 0.15) is 0 Å². The number of halogens is 1. The lowest BCUT2D eigenvalue weighted by Gasteiger charge is -2.36. The molecular formula is C20H25IN6O. The summed E-state index contributed by atoms with van der Waals surface area (Å²) in [7, 11) is 3.51. The fraction of sp³-hybridized carbons (Fsp3) is 0.350. The number of aryl methyl sites for hydroxylation is 1. The molecule has 1 N–H and O–H groups in total. The Kier molecular flexibility index (Phi) is 8.32. The molecule has 0 aliphatic carbocycles. The van der Waals surface area contributed by atoms with E-state index >= 15 is 0 Å². The van der Waals surface area contributed by atoms with Gasteiger partial charge in [0.25, 0.3) is 5.56 Å². The Morgan fingerprint density at radius 1 is 1.21 bits per heavy atom. The Bertz CT molecular complexity index is 908. The normalized spacial score (nSPS) is 14.0. The summed E-state index contributed by atoms with van der Waals surface area (Å²) < 4.78 is 1.56. The minimum Gasteiger partial charge on any atom is -0.348 e. The number of hydrogen-bond acceptors (Lipinski definition) is 4. The van der Waals surface area contributed by atoms with Gasteiger partial charge in [-0.1, -0.05) is 30.0 Å². The van der Waals surface area contributed by atoms with Crippen molar-refractivity contribution in [3.05, 3.63) is 58.6 Å². The second-order valence-electron chi connectivity index (χ2n) is 6.21. The molecule has 0 radical (unpaired) electrons. The molecule has 2 aromatic rings. The van der Waals surface area contributed by atoms with Gasteiger partial charge in [0.15, 0.2) is 11.8 Å². The van der Waals surface area contributed by atoms with Crippen LogP contribution in [0.2, 0.25) is 0 Å². The average molecular weight is 492 g/mol. The van der Waals surface area contributed by atoms with Crippen molar-refractivity contribution in [3.63, 3.8) is 0 Å². The summed E-state index contributed by atoms with van der Waals surface area (Å²) in [5.74, 6) is 7.58. The molecule has 148 valence electrons. The third kappa shape index (κ3) is 5.48. The van der Waals surface area contributed by atoms with Crippen LogP contribution in [0, 0.1) is 11.8 Å². The van der Waals surface area contributed by atoms with E-state index in [4.69, 9.17) is 0 Å². The van der Waals surface area contributed by atoms with Crippen molar-refractivity contribution < 1.29 is 0 Å². The average Bonchev–Trinajstić information content (AvgIpc) is 2.71. The Hall–Kier alpha value is -2.54. The van der Waals surface area contributed by atoms with Crippen molar-refractivity contribution in [2.45, 2.75) is 0 Å². The number of hydrogen-bond donors (Lipinski definition) is 1. The van der Waals surface area contributed by atoms with Gasteiger partial charge in [-0.25, -0.2) is 4.98 Å². The molecule has 8 heteroatoms. The van der Waals surface area contributed by atoms with Crippen LogP contribution in [0.5, 0.6) is 0 Å². The van der Waals surface area contributed by atoms with E-state index in [9.17, 15) is 4.79 Å². The molecule has 3 rings (SSSR count). The Balaban J connectivity index is 0.00000280. The third-order valence-electron chi connectivity index (χ3n) is 4.43. The zero-order valence-corrected chi connectivity index (χ0v) is 18.5. The first-order valence-electron chi connectivity index (χ1n) is 8.95. The maximum Gasteiger partial charge on any atom is 0.293 e. The molecule has 0 atom stereocenters. The van der Waals surface area contributed by atoms with Gasteiger partial charge < -0.3 is 19.7 Å². The molecule has 0 saturated carbocycles. The van der Waals surface area contributed by atoms with E-state index in [1.807, 2.05) is 35.2 Å². The van der Waals surface area contributed by atoms with Crippen molar-refractivity contribution >= 4 is 35.8 Å². The highest BCUT2D eigenvalue weighted by atomic mass is 127. The van der Waals surface area contributed by atoms with Crippen molar-refractivity contribution in [1.82, 2.24) is 19.8 Å². The summed E-state index contributed by atoms with van der Waals surface area (Å²) in [6, 6.07) is 9.91. The van der Waals surface area contributed by atoms with Gasteiger partial charge in [-0.15, -0.1) is 24.0 Å². The number of guanidine groups is 1. The van der Waals surface area contributed by atoms with Gasteiger partial charge in [0.2, 0.25) is 0 Å². The molecule has 1 aromatic heterocycles. The molecule has 7 nitrogen and oxygen atoms in total. The Labute approximate surface area is 182 Å². The lowest BCUT2D eigenvalue weighted by Crippen LogP contribution is -2.53. The molecule has 1 aliphatic rings. The topological polar surface area (TPSA) is 65.8 Å². The van der Waals surface area contributed by atoms with E-state index in [0.29, 0.717) is 12.4 Å². The minimum atomic E-state index is -0.0651. The van der Waals surface area contributed by atoms with Crippen LogP contribution in [0.25, 0.3) is 0 Å². The van der Waals surface area contributed by atoms with E-state index in [0.717, 1.165) is 37.7 Å². The molecule has 2 heterocycles. The van der Waals surface area contributed by atoms with Gasteiger partial charge >= 0.3 is 0 Å². The van der Waals surface area contributed by atoms with Gasteiger partial charge in [-0.2, -0.15) is 0 Å². The second-order valence-corrected chi connectivity index (χ2v) is 6.21. The summed E-state index contributed by atoms with van der Waals surface area (Å²) in [5.41, 5.74) is 0.935. The number of nitrogens with zero attached hydrogens (tertiary/aromatic N) is 5. The number of benzene rings is 1. The monoisotopic (exact) mass is 492 g/mol. The van der Waals surface area contributed by atoms with Crippen LogP contribution in [-0.2, 0) is 7.05 Å². The fourth-order valence-corrected chi connectivity index (χ4v) is 2.95. The number of anilines is 1. The van der Waals surface area contributed by atoms with E-state index in [1.165, 1.54) is 0 Å². The minimum absolute atomic E-state index is 0. The molecule has 1 saturated heterocycles. The molecule has 1 fully saturated rings. The van der Waals surface area contributed by atoms with E-state index in [1.54, 1.807) is 31.1 Å². The molecule has 0 unspecified atom stereocenters. The number of aromatic nitrogens is 2. The fourth-order valence-electron chi connectivity index (χ4n) is 2.95. The molecule has 1 aromatic carbocycles. The lowest BCUT2D eigenvalue weighted by atomic mass is 10.2. The third-order valence-corrected chi connectivity index (χ3v) is 4.43. The first-order chi connectivity index (χ1) is 13.2. The highest BCUT2D eigenvalue weighted by Gasteiger charge is 2.22. The van der Waals surface area contributed by atoms with Gasteiger partial charge in [0, 0.05) is 58.2 Å². The zero-order valence-electron chi connectivity index (χ0n) is 16.1. The first-order valence-corrected chi connectivity index (χ1v) is 8.95. The van der Waals surface area contributed by atoms with Crippen LogP contribution in [0.15, 0.2) is 52.5 Å². The highest BCUT2D eigenvalue weighted by molar-refractivity contribution is 14.0. The predicted octanol–water partition coefficient (Wildman–Crippen LogP) is 1.15. The molecule has 0 bridgehead atoms. The molecule has 28 heavy (non-hydrogen) atoms. The van der Waals surface area contributed by atoms with Crippen LogP contribution in [-0.4, -0.2) is 60.2 Å². The van der Waals surface area contributed by atoms with Gasteiger partial charge in [-0.05, 0) is 12.1 Å². The molecular weight excluding hydrogens is 467 g/mol. The summed E-state index contributed by atoms with van der Waals surface area (Å²) in [6.45, 7) is 3.52. The Morgan fingerprint density at radius 2 is 1.93 bits per heavy atom. The number of rotatable bonds is 2. The molecule has 1 aliphatic heterocycles. The highest BCUT2D eigenvalue weighted by Crippen LogP contribution is 2.08. The van der Waals surface area contributed by atoms with E-state index in [-0.39, 0.29) is 29.5 Å². The quantitative estimate of drug-likeness (QED) is 0.295. The lowest BCUT2D eigenvalue weighted by molar-refractivity contribution is 0.372.